The van der Waals surface area contributed by atoms with Crippen molar-refractivity contribution in [3.63, 3.8) is 0 Å². The number of aromatic nitrogens is 1. The summed E-state index contributed by atoms with van der Waals surface area (Å²) in [6, 6.07) is 0.735. The quantitative estimate of drug-likeness (QED) is 0.586. The zero-order chi connectivity index (χ0) is 23.4. The largest absolute Gasteiger partial charge is 0.487 e. The van der Waals surface area contributed by atoms with E-state index in [1.54, 1.807) is 6.92 Å². The molecular formula is C21H23ClFN3O6. The van der Waals surface area contributed by atoms with Gasteiger partial charge in [-0.05, 0) is 38.2 Å². The monoisotopic (exact) mass is 467 g/mol. The van der Waals surface area contributed by atoms with E-state index in [2.05, 4.69) is 0 Å². The van der Waals surface area contributed by atoms with Gasteiger partial charge >= 0.3 is 5.97 Å². The van der Waals surface area contributed by atoms with E-state index in [-0.39, 0.29) is 46.4 Å². The van der Waals surface area contributed by atoms with Gasteiger partial charge in [-0.3, -0.25) is 14.2 Å². The average molecular weight is 468 g/mol. The first-order valence-corrected chi connectivity index (χ1v) is 10.6. The number of pyridine rings is 1. The van der Waals surface area contributed by atoms with Gasteiger partial charge in [-0.25, -0.2) is 9.18 Å². The van der Waals surface area contributed by atoms with Crippen molar-refractivity contribution in [3.8, 4) is 5.75 Å². The molecule has 5 rings (SSSR count). The Morgan fingerprint density at radius 3 is 2.69 bits per heavy atom. The van der Waals surface area contributed by atoms with E-state index in [0.717, 1.165) is 25.3 Å². The molecule has 2 atom stereocenters. The number of carbonyl (C=O) groups is 2. The van der Waals surface area contributed by atoms with Gasteiger partial charge in [0.15, 0.2) is 11.6 Å². The Bertz CT molecular complexity index is 1180. The van der Waals surface area contributed by atoms with Crippen LogP contribution >= 0.6 is 11.6 Å². The molecule has 3 heterocycles. The number of anilines is 1. The van der Waals surface area contributed by atoms with Crippen LogP contribution in [0.4, 0.5) is 10.1 Å². The minimum Gasteiger partial charge on any atom is -0.487 e. The number of halogens is 2. The maximum Gasteiger partial charge on any atom is 0.341 e. The second kappa shape index (κ2) is 7.93. The molecule has 0 amide bonds. The molecule has 2 fully saturated rings. The van der Waals surface area contributed by atoms with E-state index < -0.39 is 29.0 Å². The molecule has 1 aromatic heterocycles. The molecular weight excluding hydrogens is 445 g/mol. The Morgan fingerprint density at radius 1 is 1.44 bits per heavy atom. The number of hydrogen-bond donors (Lipinski definition) is 3. The maximum atomic E-state index is 15.4. The molecule has 0 bridgehead atoms. The number of ether oxygens (including phenoxy) is 1. The van der Waals surface area contributed by atoms with Gasteiger partial charge < -0.3 is 25.6 Å². The Labute approximate surface area is 187 Å². The van der Waals surface area contributed by atoms with E-state index >= 15 is 4.39 Å². The van der Waals surface area contributed by atoms with E-state index in [1.165, 1.54) is 4.57 Å². The molecule has 9 nitrogen and oxygen atoms in total. The van der Waals surface area contributed by atoms with Gasteiger partial charge in [0.05, 0.1) is 16.6 Å². The summed E-state index contributed by atoms with van der Waals surface area (Å²) >= 11 is 6.36. The first kappa shape index (κ1) is 22.3. The Kier molecular flexibility index (Phi) is 5.54. The number of carboxylic acids is 1. The van der Waals surface area contributed by atoms with Crippen LogP contribution in [0.1, 0.15) is 42.6 Å². The first-order chi connectivity index (χ1) is 15.1. The lowest BCUT2D eigenvalue weighted by Crippen LogP contribution is -2.36. The fourth-order valence-corrected chi connectivity index (χ4v) is 4.96. The fraction of sp³-hybridized carbons (Fsp3) is 0.476. The second-order valence-electron chi connectivity index (χ2n) is 8.54. The fourth-order valence-electron chi connectivity index (χ4n) is 4.73. The molecule has 0 radical (unpaired) electrons. The van der Waals surface area contributed by atoms with Gasteiger partial charge in [-0.2, -0.15) is 0 Å². The zero-order valence-corrected chi connectivity index (χ0v) is 18.1. The highest BCUT2D eigenvalue weighted by atomic mass is 35.5. The van der Waals surface area contributed by atoms with Crippen LogP contribution in [0.25, 0.3) is 10.9 Å². The van der Waals surface area contributed by atoms with Crippen molar-refractivity contribution < 1.29 is 28.9 Å². The molecule has 0 spiro atoms. The number of benzene rings is 1. The van der Waals surface area contributed by atoms with Crippen LogP contribution in [0.15, 0.2) is 10.9 Å². The number of aromatic carboxylic acids is 1. The molecule has 4 N–H and O–H groups in total. The minimum atomic E-state index is -1.37. The number of hydrogen-bond acceptors (Lipinski definition) is 6. The third kappa shape index (κ3) is 3.38. The molecule has 11 heteroatoms. The van der Waals surface area contributed by atoms with Crippen molar-refractivity contribution in [2.75, 3.05) is 24.6 Å². The summed E-state index contributed by atoms with van der Waals surface area (Å²) in [6.45, 7) is 2.85. The van der Waals surface area contributed by atoms with Crippen LogP contribution in [0.2, 0.25) is 5.02 Å². The van der Waals surface area contributed by atoms with E-state index in [4.69, 9.17) is 32.0 Å². The molecule has 2 aliphatic heterocycles. The number of nitrogens with two attached hydrogens (primary N) is 1. The highest BCUT2D eigenvalue weighted by molar-refractivity contribution is 6.36. The highest BCUT2D eigenvalue weighted by Crippen LogP contribution is 2.49. The van der Waals surface area contributed by atoms with Crippen molar-refractivity contribution in [2.24, 2.45) is 11.7 Å². The Hall–Kier alpha value is -2.85. The molecule has 172 valence electrons. The molecule has 32 heavy (non-hydrogen) atoms. The summed E-state index contributed by atoms with van der Waals surface area (Å²) < 4.78 is 22.7. The summed E-state index contributed by atoms with van der Waals surface area (Å²) in [5.74, 6) is -1.52. The third-order valence-electron chi connectivity index (χ3n) is 6.59. The normalized spacial score (nSPS) is 22.7. The maximum absolute atomic E-state index is 15.4. The first-order valence-electron chi connectivity index (χ1n) is 10.2. The van der Waals surface area contributed by atoms with Gasteiger partial charge in [0.2, 0.25) is 0 Å². The number of rotatable bonds is 3. The molecule has 0 unspecified atom stereocenters. The molecule has 3 aliphatic rings. The SMILES string of the molecule is C[C@H]1COc2c(N3CC[C@@H](C4(N)CC4)C3)c(F)c(Cl)c3cc(C(=O)O)c(=O)n1c23.O=CO. The number of nitrogens with zero attached hydrogens (tertiary/aromatic N) is 2. The van der Waals surface area contributed by atoms with Crippen LogP contribution in [0, 0.1) is 11.7 Å². The van der Waals surface area contributed by atoms with Crippen molar-refractivity contribution in [1.29, 1.82) is 0 Å². The van der Waals surface area contributed by atoms with Crippen molar-refractivity contribution >= 4 is 40.6 Å². The highest BCUT2D eigenvalue weighted by Gasteiger charge is 2.48. The second-order valence-corrected chi connectivity index (χ2v) is 8.91. The van der Waals surface area contributed by atoms with Gasteiger partial charge in [0.1, 0.15) is 17.9 Å². The molecule has 1 saturated heterocycles. The summed E-state index contributed by atoms with van der Waals surface area (Å²) in [7, 11) is 0. The van der Waals surface area contributed by atoms with Crippen molar-refractivity contribution in [1.82, 2.24) is 4.57 Å². The minimum absolute atomic E-state index is 0.136. The summed E-state index contributed by atoms with van der Waals surface area (Å²) in [6.07, 6.45) is 2.81. The predicted molar refractivity (Wildman–Crippen MR) is 116 cm³/mol. The predicted octanol–water partition coefficient (Wildman–Crippen LogP) is 2.46. The van der Waals surface area contributed by atoms with Crippen LogP contribution in [0.3, 0.4) is 0 Å². The summed E-state index contributed by atoms with van der Waals surface area (Å²) in [4.78, 5) is 34.6. The van der Waals surface area contributed by atoms with Crippen LogP contribution in [-0.2, 0) is 4.79 Å². The van der Waals surface area contributed by atoms with Gasteiger partial charge in [-0.15, -0.1) is 0 Å². The molecule has 1 saturated carbocycles. The lowest BCUT2D eigenvalue weighted by molar-refractivity contribution is -0.122. The van der Waals surface area contributed by atoms with Crippen LogP contribution in [-0.4, -0.2) is 52.5 Å². The third-order valence-corrected chi connectivity index (χ3v) is 6.96. The topological polar surface area (TPSA) is 135 Å². The molecule has 1 aliphatic carbocycles. The van der Waals surface area contributed by atoms with Crippen LogP contribution < -0.4 is 20.9 Å². The standard InChI is InChI=1S/C20H21ClFN3O4.CH2O2/c1-9-8-29-17-15-11(6-12(19(27)28)18(26)25(9)15)13(21)14(22)16(17)24-5-2-10(7-24)20(23)3-4-20;2-1-3/h6,9-10H,2-5,7-8,23H2,1H3,(H,27,28);1H,(H,2,3)/t9-,10+;/m0./s1. The molecule has 1 aromatic carbocycles. The Morgan fingerprint density at radius 2 is 2.09 bits per heavy atom. The average Bonchev–Trinajstić information content (AvgIpc) is 3.30. The van der Waals surface area contributed by atoms with Gasteiger partial charge in [0, 0.05) is 24.0 Å². The van der Waals surface area contributed by atoms with E-state index in [0.29, 0.717) is 18.6 Å². The van der Waals surface area contributed by atoms with Crippen LogP contribution in [0.5, 0.6) is 5.75 Å². The zero-order valence-electron chi connectivity index (χ0n) is 17.3. The van der Waals surface area contributed by atoms with Crippen molar-refractivity contribution in [3.05, 3.63) is 32.8 Å². The lowest BCUT2D eigenvalue weighted by Gasteiger charge is -2.31. The number of carboxylic acid groups (broad SMARTS) is 2. The van der Waals surface area contributed by atoms with Crippen molar-refractivity contribution in [2.45, 2.75) is 37.8 Å². The van der Waals surface area contributed by atoms with E-state index in [9.17, 15) is 14.7 Å². The smallest absolute Gasteiger partial charge is 0.341 e. The van der Waals surface area contributed by atoms with Gasteiger partial charge in [0.25, 0.3) is 12.0 Å². The van der Waals surface area contributed by atoms with Gasteiger partial charge in [-0.1, -0.05) is 11.6 Å². The Balaban J connectivity index is 0.000000775. The summed E-state index contributed by atoms with van der Waals surface area (Å²) in [5, 5.41) is 16.3. The molecule has 2 aromatic rings. The lowest BCUT2D eigenvalue weighted by atomic mass is 9.97. The van der Waals surface area contributed by atoms with E-state index in [1.807, 2.05) is 4.90 Å². The summed E-state index contributed by atoms with van der Waals surface area (Å²) in [5.41, 5.74) is 5.69.